The number of aliphatic hydroxyl groups excluding tert-OH is 1. The van der Waals surface area contributed by atoms with E-state index in [0.29, 0.717) is 6.04 Å². The lowest BCUT2D eigenvalue weighted by Crippen LogP contribution is -2.33. The van der Waals surface area contributed by atoms with Gasteiger partial charge in [-0.15, -0.1) is 0 Å². The molecule has 2 rings (SSSR count). The molecule has 0 radical (unpaired) electrons. The Morgan fingerprint density at radius 3 is 2.67 bits per heavy atom. The Hall–Kier alpha value is -0.860. The lowest BCUT2D eigenvalue weighted by atomic mass is 10.1. The molecule has 1 N–H and O–H groups in total. The van der Waals surface area contributed by atoms with E-state index in [2.05, 4.69) is 24.0 Å². The molecule has 0 aromatic heterocycles. The Kier molecular flexibility index (Phi) is 3.39. The minimum Gasteiger partial charge on any atom is -0.394 e. The zero-order valence-corrected chi connectivity index (χ0v) is 9.26. The van der Waals surface area contributed by atoms with E-state index in [1.165, 1.54) is 18.4 Å². The van der Waals surface area contributed by atoms with Crippen molar-refractivity contribution < 1.29 is 5.11 Å². The predicted octanol–water partition coefficient (Wildman–Crippen LogP) is 2.20. The van der Waals surface area contributed by atoms with Crippen molar-refractivity contribution in [3.05, 3.63) is 35.9 Å². The van der Waals surface area contributed by atoms with E-state index in [1.54, 1.807) is 0 Å². The SMILES string of the molecule is CC1CCCN1[C@H](CO)c1ccccc1. The van der Waals surface area contributed by atoms with Crippen LogP contribution in [0, 0.1) is 0 Å². The Balaban J connectivity index is 2.17. The van der Waals surface area contributed by atoms with Gasteiger partial charge in [0, 0.05) is 6.04 Å². The van der Waals surface area contributed by atoms with Crippen LogP contribution in [0.3, 0.4) is 0 Å². The number of hydrogen-bond donors (Lipinski definition) is 1. The molecule has 2 heteroatoms. The highest BCUT2D eigenvalue weighted by atomic mass is 16.3. The highest BCUT2D eigenvalue weighted by Crippen LogP contribution is 2.28. The van der Waals surface area contributed by atoms with E-state index >= 15 is 0 Å². The van der Waals surface area contributed by atoms with Crippen molar-refractivity contribution in [2.75, 3.05) is 13.2 Å². The smallest absolute Gasteiger partial charge is 0.0628 e. The highest BCUT2D eigenvalue weighted by Gasteiger charge is 2.27. The van der Waals surface area contributed by atoms with E-state index < -0.39 is 0 Å². The van der Waals surface area contributed by atoms with E-state index in [-0.39, 0.29) is 12.6 Å². The van der Waals surface area contributed by atoms with Gasteiger partial charge in [0.25, 0.3) is 0 Å². The van der Waals surface area contributed by atoms with Gasteiger partial charge in [0.2, 0.25) is 0 Å². The predicted molar refractivity (Wildman–Crippen MR) is 61.7 cm³/mol. The maximum Gasteiger partial charge on any atom is 0.0628 e. The molecular weight excluding hydrogens is 186 g/mol. The van der Waals surface area contributed by atoms with Crippen molar-refractivity contribution in [3.8, 4) is 0 Å². The molecule has 15 heavy (non-hydrogen) atoms. The Labute approximate surface area is 91.5 Å². The normalized spacial score (nSPS) is 24.3. The summed E-state index contributed by atoms with van der Waals surface area (Å²) in [5.74, 6) is 0. The number of nitrogens with zero attached hydrogens (tertiary/aromatic N) is 1. The zero-order valence-electron chi connectivity index (χ0n) is 9.26. The molecule has 0 amide bonds. The van der Waals surface area contributed by atoms with Gasteiger partial charge >= 0.3 is 0 Å². The van der Waals surface area contributed by atoms with Gasteiger partial charge < -0.3 is 5.11 Å². The first-order valence-corrected chi connectivity index (χ1v) is 5.74. The van der Waals surface area contributed by atoms with Crippen molar-refractivity contribution >= 4 is 0 Å². The van der Waals surface area contributed by atoms with E-state index in [9.17, 15) is 5.11 Å². The first kappa shape index (κ1) is 10.7. The molecule has 1 aromatic carbocycles. The minimum absolute atomic E-state index is 0.184. The van der Waals surface area contributed by atoms with Gasteiger partial charge in [0.1, 0.15) is 0 Å². The average molecular weight is 205 g/mol. The number of aliphatic hydroxyl groups is 1. The molecule has 1 aliphatic heterocycles. The summed E-state index contributed by atoms with van der Waals surface area (Å²) in [5, 5.41) is 9.52. The second kappa shape index (κ2) is 4.77. The molecule has 1 aliphatic rings. The van der Waals surface area contributed by atoms with Crippen molar-refractivity contribution in [3.63, 3.8) is 0 Å². The summed E-state index contributed by atoms with van der Waals surface area (Å²) in [6, 6.07) is 11.1. The third-order valence-corrected chi connectivity index (χ3v) is 3.36. The summed E-state index contributed by atoms with van der Waals surface area (Å²) in [5.41, 5.74) is 1.23. The first-order chi connectivity index (χ1) is 7.33. The van der Waals surface area contributed by atoms with Gasteiger partial charge in [-0.05, 0) is 31.9 Å². The maximum atomic E-state index is 9.52. The largest absolute Gasteiger partial charge is 0.394 e. The number of rotatable bonds is 3. The molecular formula is C13H19NO. The summed E-state index contributed by atoms with van der Waals surface area (Å²) in [6.07, 6.45) is 2.51. The fourth-order valence-corrected chi connectivity index (χ4v) is 2.50. The second-order valence-electron chi connectivity index (χ2n) is 4.34. The van der Waals surface area contributed by atoms with Crippen molar-refractivity contribution in [1.29, 1.82) is 0 Å². The van der Waals surface area contributed by atoms with Gasteiger partial charge in [0.05, 0.1) is 12.6 Å². The Bertz CT molecular complexity index is 299. The summed E-state index contributed by atoms with van der Waals surface area (Å²) < 4.78 is 0. The number of likely N-dealkylation sites (tertiary alicyclic amines) is 1. The van der Waals surface area contributed by atoms with Gasteiger partial charge in [-0.2, -0.15) is 0 Å². The second-order valence-corrected chi connectivity index (χ2v) is 4.34. The summed E-state index contributed by atoms with van der Waals surface area (Å²) in [6.45, 7) is 3.58. The van der Waals surface area contributed by atoms with Gasteiger partial charge in [-0.3, -0.25) is 4.90 Å². The Morgan fingerprint density at radius 2 is 2.13 bits per heavy atom. The van der Waals surface area contributed by atoms with Crippen LogP contribution in [0.2, 0.25) is 0 Å². The van der Waals surface area contributed by atoms with E-state index in [0.717, 1.165) is 6.54 Å². The van der Waals surface area contributed by atoms with Gasteiger partial charge in [0.15, 0.2) is 0 Å². The fourth-order valence-electron chi connectivity index (χ4n) is 2.50. The summed E-state index contributed by atoms with van der Waals surface area (Å²) in [7, 11) is 0. The molecule has 2 nitrogen and oxygen atoms in total. The van der Waals surface area contributed by atoms with Crippen molar-refractivity contribution in [2.45, 2.75) is 31.8 Å². The molecule has 1 heterocycles. The average Bonchev–Trinajstić information content (AvgIpc) is 2.68. The van der Waals surface area contributed by atoms with Crippen LogP contribution in [0.15, 0.2) is 30.3 Å². The molecule has 82 valence electrons. The molecule has 1 aromatic rings. The van der Waals surface area contributed by atoms with Crippen LogP contribution >= 0.6 is 0 Å². The molecule has 0 spiro atoms. The molecule has 0 aliphatic carbocycles. The van der Waals surface area contributed by atoms with E-state index in [1.807, 2.05) is 18.2 Å². The highest BCUT2D eigenvalue weighted by molar-refractivity contribution is 5.19. The van der Waals surface area contributed by atoms with Crippen molar-refractivity contribution in [2.24, 2.45) is 0 Å². The lowest BCUT2D eigenvalue weighted by molar-refractivity contribution is 0.118. The Morgan fingerprint density at radius 1 is 1.40 bits per heavy atom. The van der Waals surface area contributed by atoms with Crippen LogP contribution < -0.4 is 0 Å². The van der Waals surface area contributed by atoms with Crippen LogP contribution in [0.1, 0.15) is 31.4 Å². The third kappa shape index (κ3) is 2.21. The molecule has 1 fully saturated rings. The first-order valence-electron chi connectivity index (χ1n) is 5.74. The summed E-state index contributed by atoms with van der Waals surface area (Å²) >= 11 is 0. The summed E-state index contributed by atoms with van der Waals surface area (Å²) in [4.78, 5) is 2.41. The quantitative estimate of drug-likeness (QED) is 0.817. The van der Waals surface area contributed by atoms with Crippen LogP contribution in [-0.2, 0) is 0 Å². The third-order valence-electron chi connectivity index (χ3n) is 3.36. The molecule has 1 unspecified atom stereocenters. The number of benzene rings is 1. The van der Waals surface area contributed by atoms with Gasteiger partial charge in [-0.25, -0.2) is 0 Å². The van der Waals surface area contributed by atoms with Crippen molar-refractivity contribution in [1.82, 2.24) is 4.90 Å². The van der Waals surface area contributed by atoms with Crippen LogP contribution in [0.4, 0.5) is 0 Å². The van der Waals surface area contributed by atoms with E-state index in [4.69, 9.17) is 0 Å². The fraction of sp³-hybridized carbons (Fsp3) is 0.538. The van der Waals surface area contributed by atoms with Crippen LogP contribution in [-0.4, -0.2) is 29.2 Å². The minimum atomic E-state index is 0.184. The lowest BCUT2D eigenvalue weighted by Gasteiger charge is -2.30. The number of hydrogen-bond acceptors (Lipinski definition) is 2. The molecule has 0 bridgehead atoms. The maximum absolute atomic E-state index is 9.52. The molecule has 1 saturated heterocycles. The van der Waals surface area contributed by atoms with Crippen LogP contribution in [0.25, 0.3) is 0 Å². The topological polar surface area (TPSA) is 23.5 Å². The molecule has 2 atom stereocenters. The monoisotopic (exact) mass is 205 g/mol. The van der Waals surface area contributed by atoms with Crippen LogP contribution in [0.5, 0.6) is 0 Å². The van der Waals surface area contributed by atoms with Gasteiger partial charge in [-0.1, -0.05) is 30.3 Å². The molecule has 0 saturated carbocycles. The zero-order chi connectivity index (χ0) is 10.7. The standard InChI is InChI=1S/C13H19NO/c1-11-6-5-9-14(11)13(10-15)12-7-3-2-4-8-12/h2-4,7-8,11,13,15H,5-6,9-10H2,1H3/t11?,13-/m1/s1.